The summed E-state index contributed by atoms with van der Waals surface area (Å²) in [5, 5.41) is 13.1. The normalized spacial score (nSPS) is 17.0. The summed E-state index contributed by atoms with van der Waals surface area (Å²) in [6.45, 7) is 5.92. The fraction of sp³-hybridized carbons (Fsp3) is 0.133. The van der Waals surface area contributed by atoms with Crippen molar-refractivity contribution in [2.75, 3.05) is 4.90 Å². The number of anilines is 1. The Kier molecular flexibility index (Phi) is 6.20. The van der Waals surface area contributed by atoms with E-state index in [1.165, 1.54) is 16.2 Å². The Morgan fingerprint density at radius 1 is 0.861 bits per heavy atom. The van der Waals surface area contributed by atoms with Gasteiger partial charge in [0.05, 0.1) is 5.57 Å². The number of aliphatic hydroxyl groups is 1. The predicted molar refractivity (Wildman–Crippen MR) is 143 cm³/mol. The van der Waals surface area contributed by atoms with Crippen LogP contribution in [0, 0.1) is 20.8 Å². The molecule has 5 nitrogen and oxygen atoms in total. The molecule has 1 saturated heterocycles. The molecule has 3 aromatic carbocycles. The summed E-state index contributed by atoms with van der Waals surface area (Å²) in [6, 6.07) is 23.3. The minimum Gasteiger partial charge on any atom is -0.507 e. The summed E-state index contributed by atoms with van der Waals surface area (Å²) < 4.78 is 5.94. The molecule has 1 aliphatic heterocycles. The van der Waals surface area contributed by atoms with Gasteiger partial charge in [-0.15, -0.1) is 11.3 Å². The van der Waals surface area contributed by atoms with Crippen LogP contribution in [0.5, 0.6) is 11.5 Å². The van der Waals surface area contributed by atoms with E-state index < -0.39 is 17.7 Å². The summed E-state index contributed by atoms with van der Waals surface area (Å²) in [5.74, 6) is -0.217. The van der Waals surface area contributed by atoms with Crippen molar-refractivity contribution < 1.29 is 19.4 Å². The summed E-state index contributed by atoms with van der Waals surface area (Å²) in [6.07, 6.45) is 0. The van der Waals surface area contributed by atoms with Crippen molar-refractivity contribution in [3.8, 4) is 11.5 Å². The fourth-order valence-corrected chi connectivity index (χ4v) is 5.17. The third-order valence-electron chi connectivity index (χ3n) is 6.38. The maximum atomic E-state index is 13.3. The topological polar surface area (TPSA) is 66.8 Å². The van der Waals surface area contributed by atoms with Crippen molar-refractivity contribution in [1.29, 1.82) is 0 Å². The lowest BCUT2D eigenvalue weighted by Gasteiger charge is -2.24. The minimum atomic E-state index is -0.727. The lowest BCUT2D eigenvalue weighted by molar-refractivity contribution is -0.132. The summed E-state index contributed by atoms with van der Waals surface area (Å²) in [4.78, 5) is 28.8. The van der Waals surface area contributed by atoms with Gasteiger partial charge in [0.15, 0.2) is 0 Å². The fourth-order valence-electron chi connectivity index (χ4n) is 4.35. The van der Waals surface area contributed by atoms with E-state index in [-0.39, 0.29) is 11.3 Å². The van der Waals surface area contributed by atoms with E-state index in [4.69, 9.17) is 4.74 Å². The van der Waals surface area contributed by atoms with Gasteiger partial charge in [-0.3, -0.25) is 14.5 Å². The van der Waals surface area contributed by atoms with Gasteiger partial charge >= 0.3 is 0 Å². The number of thiophene rings is 1. The predicted octanol–water partition coefficient (Wildman–Crippen LogP) is 7.09. The van der Waals surface area contributed by atoms with E-state index >= 15 is 0 Å². The lowest BCUT2D eigenvalue weighted by Crippen LogP contribution is -2.29. The quantitative estimate of drug-likeness (QED) is 0.182. The number of aliphatic hydroxyl groups excluding tert-OH is 1. The van der Waals surface area contributed by atoms with Crippen LogP contribution in [0.2, 0.25) is 0 Å². The second-order valence-corrected chi connectivity index (χ2v) is 9.88. The average Bonchev–Trinajstić information content (AvgIpc) is 3.48. The Bertz CT molecular complexity index is 1490. The molecular formula is C30H25NO4S. The Labute approximate surface area is 213 Å². The van der Waals surface area contributed by atoms with Gasteiger partial charge in [0.2, 0.25) is 0 Å². The van der Waals surface area contributed by atoms with Gasteiger partial charge < -0.3 is 9.84 Å². The van der Waals surface area contributed by atoms with Crippen LogP contribution in [-0.4, -0.2) is 16.8 Å². The van der Waals surface area contributed by atoms with E-state index in [0.29, 0.717) is 17.0 Å². The molecule has 0 bridgehead atoms. The van der Waals surface area contributed by atoms with Gasteiger partial charge in [-0.1, -0.05) is 30.3 Å². The minimum absolute atomic E-state index is 0.0887. The van der Waals surface area contributed by atoms with Crippen LogP contribution < -0.4 is 9.64 Å². The maximum absolute atomic E-state index is 13.3. The van der Waals surface area contributed by atoms with E-state index in [1.54, 1.807) is 30.3 Å². The standard InChI is InChI=1S/C30H25NO4S/c1-18-6-4-7-24(16-18)35-23-13-11-22(12-14-23)31-27(25-8-5-15-36-25)26(29(33)30(31)34)28(32)21-10-9-19(2)20(3)17-21/h4-17,27,32H,1-3H3/b28-26-. The highest BCUT2D eigenvalue weighted by Crippen LogP contribution is 2.44. The summed E-state index contributed by atoms with van der Waals surface area (Å²) in [5.41, 5.74) is 4.31. The third-order valence-corrected chi connectivity index (χ3v) is 7.30. The molecule has 1 amide bonds. The molecule has 36 heavy (non-hydrogen) atoms. The number of ketones is 1. The molecule has 1 aliphatic rings. The maximum Gasteiger partial charge on any atom is 0.300 e. The number of aryl methyl sites for hydroxylation is 3. The number of Topliss-reactive ketones (excluding diaryl/α,β-unsaturated/α-hetero) is 1. The number of benzene rings is 3. The molecule has 1 aromatic heterocycles. The van der Waals surface area contributed by atoms with Gasteiger partial charge in [-0.2, -0.15) is 0 Å². The van der Waals surface area contributed by atoms with E-state index in [1.807, 2.05) is 74.7 Å². The first kappa shape index (κ1) is 23.6. The molecule has 180 valence electrons. The molecule has 0 aliphatic carbocycles. The number of hydrogen-bond donors (Lipinski definition) is 1. The zero-order valence-electron chi connectivity index (χ0n) is 20.2. The van der Waals surface area contributed by atoms with Crippen molar-refractivity contribution in [3.63, 3.8) is 0 Å². The molecular weight excluding hydrogens is 470 g/mol. The lowest BCUT2D eigenvalue weighted by atomic mass is 9.97. The average molecular weight is 496 g/mol. The van der Waals surface area contributed by atoms with Crippen LogP contribution in [0.3, 0.4) is 0 Å². The molecule has 1 fully saturated rings. The largest absolute Gasteiger partial charge is 0.507 e. The monoisotopic (exact) mass is 495 g/mol. The second kappa shape index (κ2) is 9.47. The number of hydrogen-bond acceptors (Lipinski definition) is 5. The molecule has 0 saturated carbocycles. The number of carbonyl (C=O) groups is 2. The Hall–Kier alpha value is -4.16. The molecule has 2 heterocycles. The van der Waals surface area contributed by atoms with Crippen molar-refractivity contribution in [2.45, 2.75) is 26.8 Å². The zero-order chi connectivity index (χ0) is 25.4. The number of rotatable bonds is 5. The summed E-state index contributed by atoms with van der Waals surface area (Å²) >= 11 is 1.43. The molecule has 1 unspecified atom stereocenters. The van der Waals surface area contributed by atoms with Crippen molar-refractivity contribution in [3.05, 3.63) is 117 Å². The van der Waals surface area contributed by atoms with Gasteiger partial charge in [0.1, 0.15) is 23.3 Å². The molecule has 1 N–H and O–H groups in total. The SMILES string of the molecule is Cc1cccc(Oc2ccc(N3C(=O)C(=O)/C(=C(\O)c4ccc(C)c(C)c4)C3c3cccs3)cc2)c1. The highest BCUT2D eigenvalue weighted by atomic mass is 32.1. The smallest absolute Gasteiger partial charge is 0.300 e. The Balaban J connectivity index is 1.55. The van der Waals surface area contributed by atoms with Gasteiger partial charge in [0.25, 0.3) is 11.7 Å². The highest BCUT2D eigenvalue weighted by molar-refractivity contribution is 7.10. The van der Waals surface area contributed by atoms with Crippen LogP contribution in [0.1, 0.15) is 33.2 Å². The highest BCUT2D eigenvalue weighted by Gasteiger charge is 2.47. The first-order chi connectivity index (χ1) is 17.3. The van der Waals surface area contributed by atoms with Gasteiger partial charge in [-0.05, 0) is 91.4 Å². The second-order valence-electron chi connectivity index (χ2n) is 8.90. The molecule has 0 radical (unpaired) electrons. The summed E-state index contributed by atoms with van der Waals surface area (Å²) in [7, 11) is 0. The van der Waals surface area contributed by atoms with Crippen LogP contribution >= 0.6 is 11.3 Å². The number of ether oxygens (including phenoxy) is 1. The van der Waals surface area contributed by atoms with Crippen LogP contribution in [0.25, 0.3) is 5.76 Å². The van der Waals surface area contributed by atoms with Crippen molar-refractivity contribution in [1.82, 2.24) is 0 Å². The molecule has 1 atom stereocenters. The first-order valence-electron chi connectivity index (χ1n) is 11.6. The van der Waals surface area contributed by atoms with Gasteiger partial charge in [0, 0.05) is 16.1 Å². The third kappa shape index (κ3) is 4.32. The number of carbonyl (C=O) groups excluding carboxylic acids is 2. The molecule has 6 heteroatoms. The van der Waals surface area contributed by atoms with Gasteiger partial charge in [-0.25, -0.2) is 0 Å². The molecule has 5 rings (SSSR count). The molecule has 0 spiro atoms. The Morgan fingerprint density at radius 2 is 1.64 bits per heavy atom. The molecule has 4 aromatic rings. The van der Waals surface area contributed by atoms with E-state index in [2.05, 4.69) is 0 Å². The number of amides is 1. The van der Waals surface area contributed by atoms with Crippen LogP contribution in [0.15, 0.2) is 89.8 Å². The zero-order valence-corrected chi connectivity index (χ0v) is 21.0. The van der Waals surface area contributed by atoms with Crippen molar-refractivity contribution >= 4 is 34.5 Å². The van der Waals surface area contributed by atoms with E-state index in [9.17, 15) is 14.7 Å². The Morgan fingerprint density at radius 3 is 2.31 bits per heavy atom. The van der Waals surface area contributed by atoms with Crippen LogP contribution in [0.4, 0.5) is 5.69 Å². The first-order valence-corrected chi connectivity index (χ1v) is 12.5. The van der Waals surface area contributed by atoms with Crippen molar-refractivity contribution in [2.24, 2.45) is 0 Å². The number of nitrogens with zero attached hydrogens (tertiary/aromatic N) is 1. The van der Waals surface area contributed by atoms with E-state index in [0.717, 1.165) is 27.3 Å². The van der Waals surface area contributed by atoms with Crippen LogP contribution in [-0.2, 0) is 9.59 Å².